The Morgan fingerprint density at radius 2 is 2.30 bits per heavy atom. The summed E-state index contributed by atoms with van der Waals surface area (Å²) in [6, 6.07) is 1.58. The molecule has 1 amide bonds. The summed E-state index contributed by atoms with van der Waals surface area (Å²) in [4.78, 5) is 16.0. The van der Waals surface area contributed by atoms with Crippen LogP contribution >= 0.6 is 11.6 Å². The van der Waals surface area contributed by atoms with E-state index >= 15 is 0 Å². The lowest BCUT2D eigenvalue weighted by molar-refractivity contribution is 0.0953. The summed E-state index contributed by atoms with van der Waals surface area (Å²) in [5.41, 5.74) is 0.423. The van der Waals surface area contributed by atoms with Crippen LogP contribution in [0.4, 0.5) is 5.82 Å². The highest BCUT2D eigenvalue weighted by atomic mass is 35.5. The van der Waals surface area contributed by atoms with Crippen molar-refractivity contribution in [3.63, 3.8) is 0 Å². The van der Waals surface area contributed by atoms with Gasteiger partial charge in [-0.3, -0.25) is 4.79 Å². The number of aryl methyl sites for hydroxylation is 1. The number of aromatic nitrogens is 4. The number of nitrogens with one attached hydrogen (secondary N) is 2. The molecule has 0 saturated heterocycles. The van der Waals surface area contributed by atoms with E-state index in [4.69, 9.17) is 11.6 Å². The van der Waals surface area contributed by atoms with E-state index in [0.717, 1.165) is 5.82 Å². The first-order chi connectivity index (χ1) is 9.61. The molecule has 0 unspecified atom stereocenters. The molecule has 0 radical (unpaired) electrons. The van der Waals surface area contributed by atoms with E-state index in [1.54, 1.807) is 19.4 Å². The molecule has 7 nitrogen and oxygen atoms in total. The predicted molar refractivity (Wildman–Crippen MR) is 75.8 cm³/mol. The maximum Gasteiger partial charge on any atom is 0.252 e. The summed E-state index contributed by atoms with van der Waals surface area (Å²) < 4.78 is 1.81. The number of nitrogens with zero attached hydrogens (tertiary/aromatic N) is 4. The van der Waals surface area contributed by atoms with Crippen molar-refractivity contribution in [2.24, 2.45) is 7.05 Å². The molecule has 0 aromatic carbocycles. The number of carbonyl (C=O) groups is 1. The normalized spacial score (nSPS) is 10.3. The molecule has 106 valence electrons. The van der Waals surface area contributed by atoms with Crippen molar-refractivity contribution in [3.8, 4) is 0 Å². The Labute approximate surface area is 121 Å². The second-order valence-corrected chi connectivity index (χ2v) is 4.58. The van der Waals surface area contributed by atoms with Crippen molar-refractivity contribution >= 4 is 23.3 Å². The zero-order chi connectivity index (χ0) is 14.5. The zero-order valence-corrected chi connectivity index (χ0v) is 12.0. The van der Waals surface area contributed by atoms with Gasteiger partial charge in [-0.2, -0.15) is 0 Å². The van der Waals surface area contributed by atoms with Gasteiger partial charge in [0, 0.05) is 33.3 Å². The third-order valence-corrected chi connectivity index (χ3v) is 3.07. The Bertz CT molecular complexity index is 612. The highest BCUT2D eigenvalue weighted by Gasteiger charge is 2.09. The summed E-state index contributed by atoms with van der Waals surface area (Å²) in [6.45, 7) is 0.469. The minimum absolute atomic E-state index is 0.218. The van der Waals surface area contributed by atoms with E-state index < -0.39 is 0 Å². The first-order valence-electron chi connectivity index (χ1n) is 6.06. The Morgan fingerprint density at radius 3 is 2.90 bits per heavy atom. The van der Waals surface area contributed by atoms with E-state index in [9.17, 15) is 4.79 Å². The number of rotatable bonds is 5. The number of amides is 1. The van der Waals surface area contributed by atoms with Gasteiger partial charge < -0.3 is 15.2 Å². The second kappa shape index (κ2) is 6.33. The fourth-order valence-electron chi connectivity index (χ4n) is 1.67. The van der Waals surface area contributed by atoms with Crippen LogP contribution in [0.25, 0.3) is 0 Å². The quantitative estimate of drug-likeness (QED) is 0.855. The minimum atomic E-state index is -0.218. The van der Waals surface area contributed by atoms with Crippen molar-refractivity contribution in [1.29, 1.82) is 0 Å². The number of hydrogen-bond acceptors (Lipinski definition) is 5. The van der Waals surface area contributed by atoms with Crippen LogP contribution in [0.15, 0.2) is 18.6 Å². The van der Waals surface area contributed by atoms with Crippen LogP contribution in [0, 0.1) is 0 Å². The number of pyridine rings is 1. The Morgan fingerprint density at radius 1 is 1.50 bits per heavy atom. The van der Waals surface area contributed by atoms with Crippen LogP contribution < -0.4 is 10.6 Å². The highest BCUT2D eigenvalue weighted by Crippen LogP contribution is 2.19. The average molecular weight is 295 g/mol. The van der Waals surface area contributed by atoms with Crippen molar-refractivity contribution in [2.75, 3.05) is 18.9 Å². The van der Waals surface area contributed by atoms with Gasteiger partial charge in [-0.15, -0.1) is 10.2 Å². The van der Waals surface area contributed by atoms with Gasteiger partial charge in [0.2, 0.25) is 0 Å². The molecule has 0 aliphatic carbocycles. The molecular weight excluding hydrogens is 280 g/mol. The van der Waals surface area contributed by atoms with Gasteiger partial charge in [0.15, 0.2) is 0 Å². The maximum atomic E-state index is 11.9. The average Bonchev–Trinajstić information content (AvgIpc) is 2.84. The van der Waals surface area contributed by atoms with Crippen LogP contribution in [-0.2, 0) is 13.5 Å². The minimum Gasteiger partial charge on any atom is -0.372 e. The molecule has 0 bridgehead atoms. The molecule has 0 aliphatic heterocycles. The molecule has 0 fully saturated rings. The molecule has 2 aromatic rings. The summed E-state index contributed by atoms with van der Waals surface area (Å²) >= 11 is 5.98. The summed E-state index contributed by atoms with van der Waals surface area (Å²) in [6.07, 6.45) is 3.71. The molecule has 2 rings (SSSR count). The lowest BCUT2D eigenvalue weighted by atomic mass is 10.2. The summed E-state index contributed by atoms with van der Waals surface area (Å²) in [5, 5.41) is 13.8. The van der Waals surface area contributed by atoms with E-state index in [-0.39, 0.29) is 5.91 Å². The largest absolute Gasteiger partial charge is 0.372 e. The molecular formula is C12H15ClN6O. The van der Waals surface area contributed by atoms with Crippen LogP contribution in [0.5, 0.6) is 0 Å². The molecule has 0 atom stereocenters. The smallest absolute Gasteiger partial charge is 0.252 e. The van der Waals surface area contributed by atoms with Crippen molar-refractivity contribution in [2.45, 2.75) is 6.42 Å². The third kappa shape index (κ3) is 3.24. The standard InChI is InChI=1S/C12H15ClN6O/c1-14-11-9(13)5-8(6-16-11)12(20)15-4-3-10-18-17-7-19(10)2/h5-7H,3-4H2,1-2H3,(H,14,16)(H,15,20). The van der Waals surface area contributed by atoms with E-state index in [1.165, 1.54) is 6.20 Å². The summed E-state index contributed by atoms with van der Waals surface area (Å²) in [7, 11) is 3.58. The van der Waals surface area contributed by atoms with E-state index in [1.807, 2.05) is 11.6 Å². The van der Waals surface area contributed by atoms with Gasteiger partial charge in [0.1, 0.15) is 18.0 Å². The molecule has 2 aromatic heterocycles. The topological polar surface area (TPSA) is 84.7 Å². The number of anilines is 1. The van der Waals surface area contributed by atoms with Crippen molar-refractivity contribution < 1.29 is 4.79 Å². The van der Waals surface area contributed by atoms with Crippen LogP contribution in [0.3, 0.4) is 0 Å². The molecule has 0 aliphatic rings. The molecule has 0 saturated carbocycles. The highest BCUT2D eigenvalue weighted by molar-refractivity contribution is 6.33. The predicted octanol–water partition coefficient (Wildman–Crippen LogP) is 0.878. The zero-order valence-electron chi connectivity index (χ0n) is 11.2. The van der Waals surface area contributed by atoms with E-state index in [2.05, 4.69) is 25.8 Å². The number of hydrogen-bond donors (Lipinski definition) is 2. The first kappa shape index (κ1) is 14.3. The van der Waals surface area contributed by atoms with E-state index in [0.29, 0.717) is 29.4 Å². The monoisotopic (exact) mass is 294 g/mol. The van der Waals surface area contributed by atoms with Crippen LogP contribution in [0.2, 0.25) is 5.02 Å². The third-order valence-electron chi connectivity index (χ3n) is 2.78. The molecule has 2 N–H and O–H groups in total. The van der Waals surface area contributed by atoms with Crippen LogP contribution in [0.1, 0.15) is 16.2 Å². The Kier molecular flexibility index (Phi) is 4.52. The SMILES string of the molecule is CNc1ncc(C(=O)NCCc2nncn2C)cc1Cl. The first-order valence-corrected chi connectivity index (χ1v) is 6.44. The lowest BCUT2D eigenvalue weighted by Gasteiger charge is -2.07. The van der Waals surface area contributed by atoms with Crippen molar-refractivity contribution in [3.05, 3.63) is 35.0 Å². The number of halogens is 1. The van der Waals surface area contributed by atoms with Gasteiger partial charge in [-0.25, -0.2) is 4.98 Å². The van der Waals surface area contributed by atoms with Gasteiger partial charge in [-0.05, 0) is 6.07 Å². The second-order valence-electron chi connectivity index (χ2n) is 4.17. The fourth-order valence-corrected chi connectivity index (χ4v) is 1.93. The molecule has 8 heteroatoms. The fraction of sp³-hybridized carbons (Fsp3) is 0.333. The molecule has 0 spiro atoms. The van der Waals surface area contributed by atoms with Gasteiger partial charge in [-0.1, -0.05) is 11.6 Å². The van der Waals surface area contributed by atoms with Crippen LogP contribution in [-0.4, -0.2) is 39.2 Å². The Hall–Kier alpha value is -2.15. The Balaban J connectivity index is 1.92. The van der Waals surface area contributed by atoms with Crippen molar-refractivity contribution in [1.82, 2.24) is 25.1 Å². The summed E-state index contributed by atoms with van der Waals surface area (Å²) in [5.74, 6) is 1.14. The lowest BCUT2D eigenvalue weighted by Crippen LogP contribution is -2.26. The van der Waals surface area contributed by atoms with Gasteiger partial charge in [0.25, 0.3) is 5.91 Å². The number of carbonyl (C=O) groups excluding carboxylic acids is 1. The maximum absolute atomic E-state index is 11.9. The van der Waals surface area contributed by atoms with Gasteiger partial charge >= 0.3 is 0 Å². The van der Waals surface area contributed by atoms with Gasteiger partial charge in [0.05, 0.1) is 10.6 Å². The molecule has 2 heterocycles. The molecule has 20 heavy (non-hydrogen) atoms.